The van der Waals surface area contributed by atoms with Gasteiger partial charge in [0.25, 0.3) is 5.91 Å². The molecule has 0 fully saturated rings. The second kappa shape index (κ2) is 8.41. The molecular weight excluding hydrogens is 424 g/mol. The molecule has 4 rings (SSSR count). The lowest BCUT2D eigenvalue weighted by atomic mass is 10.1. The summed E-state index contributed by atoms with van der Waals surface area (Å²) in [5, 5.41) is 6.00. The van der Waals surface area contributed by atoms with E-state index in [0.717, 1.165) is 27.5 Å². The SMILES string of the molecule is CCCC(NC(=O)c1cc2sc(N(C)C)nc2s1)C(=O)N1CCc2sccc2C1. The molecule has 0 saturated carbocycles. The number of rotatable bonds is 6. The average molecular weight is 449 g/mol. The van der Waals surface area contributed by atoms with E-state index in [1.807, 2.05) is 36.9 Å². The number of carbonyl (C=O) groups excluding carboxylic acids is 2. The number of thiophene rings is 2. The topological polar surface area (TPSA) is 65.5 Å². The molecule has 6 nitrogen and oxygen atoms in total. The first-order chi connectivity index (χ1) is 14.0. The third kappa shape index (κ3) is 4.17. The molecule has 3 aromatic rings. The zero-order valence-corrected chi connectivity index (χ0v) is 19.2. The lowest BCUT2D eigenvalue weighted by Crippen LogP contribution is -2.49. The van der Waals surface area contributed by atoms with Gasteiger partial charge in [-0.3, -0.25) is 9.59 Å². The minimum Gasteiger partial charge on any atom is -0.354 e. The molecule has 1 aliphatic rings. The van der Waals surface area contributed by atoms with Gasteiger partial charge in [-0.2, -0.15) is 0 Å². The van der Waals surface area contributed by atoms with E-state index in [2.05, 4.69) is 21.7 Å². The molecule has 0 aliphatic carbocycles. The fourth-order valence-electron chi connectivity index (χ4n) is 3.46. The van der Waals surface area contributed by atoms with E-state index in [0.29, 0.717) is 24.4 Å². The van der Waals surface area contributed by atoms with E-state index in [4.69, 9.17) is 0 Å². The van der Waals surface area contributed by atoms with E-state index < -0.39 is 6.04 Å². The van der Waals surface area contributed by atoms with Crippen LogP contribution in [0.4, 0.5) is 5.13 Å². The van der Waals surface area contributed by atoms with Gasteiger partial charge in [0, 0.05) is 32.1 Å². The molecule has 1 unspecified atom stereocenters. The number of hydrogen-bond donors (Lipinski definition) is 1. The standard InChI is InChI=1S/C20H24N4O2S3/c1-4-5-13(19(26)24-8-6-14-12(11-24)7-9-27-14)21-17(25)15-10-16-18(28-15)22-20(29-16)23(2)3/h7,9-10,13H,4-6,8,11H2,1-3H3,(H,21,25). The highest BCUT2D eigenvalue weighted by atomic mass is 32.1. The summed E-state index contributed by atoms with van der Waals surface area (Å²) >= 11 is 4.70. The van der Waals surface area contributed by atoms with E-state index in [1.54, 1.807) is 22.7 Å². The summed E-state index contributed by atoms with van der Waals surface area (Å²) in [7, 11) is 3.91. The molecule has 1 N–H and O–H groups in total. The van der Waals surface area contributed by atoms with Gasteiger partial charge in [0.1, 0.15) is 10.9 Å². The van der Waals surface area contributed by atoms with Gasteiger partial charge >= 0.3 is 0 Å². The third-order valence-electron chi connectivity index (χ3n) is 4.98. The maximum atomic E-state index is 13.1. The van der Waals surface area contributed by atoms with Crippen LogP contribution in [-0.4, -0.2) is 48.4 Å². The molecule has 3 aromatic heterocycles. The van der Waals surface area contributed by atoms with Crippen LogP contribution in [0.2, 0.25) is 0 Å². The number of nitrogens with zero attached hydrogens (tertiary/aromatic N) is 3. The highest BCUT2D eigenvalue weighted by Crippen LogP contribution is 2.34. The Morgan fingerprint density at radius 2 is 2.17 bits per heavy atom. The zero-order valence-electron chi connectivity index (χ0n) is 16.7. The van der Waals surface area contributed by atoms with E-state index >= 15 is 0 Å². The number of nitrogens with one attached hydrogen (secondary N) is 1. The summed E-state index contributed by atoms with van der Waals surface area (Å²) < 4.78 is 1.00. The number of carbonyl (C=O) groups is 2. The van der Waals surface area contributed by atoms with Crippen LogP contribution in [0.5, 0.6) is 0 Å². The van der Waals surface area contributed by atoms with E-state index in [1.165, 1.54) is 21.8 Å². The van der Waals surface area contributed by atoms with Crippen LogP contribution >= 0.6 is 34.0 Å². The summed E-state index contributed by atoms with van der Waals surface area (Å²) in [5.74, 6) is -0.171. The van der Waals surface area contributed by atoms with Crippen molar-refractivity contribution in [3.05, 3.63) is 32.8 Å². The predicted molar refractivity (Wildman–Crippen MR) is 121 cm³/mol. The largest absolute Gasteiger partial charge is 0.354 e. The van der Waals surface area contributed by atoms with Gasteiger partial charge in [0.15, 0.2) is 5.13 Å². The van der Waals surface area contributed by atoms with Crippen LogP contribution in [0.3, 0.4) is 0 Å². The van der Waals surface area contributed by atoms with Crippen LogP contribution in [0, 0.1) is 0 Å². The fraction of sp³-hybridized carbons (Fsp3) is 0.450. The molecule has 154 valence electrons. The number of thiazole rings is 1. The molecule has 4 heterocycles. The maximum Gasteiger partial charge on any atom is 0.262 e. The number of amides is 2. The molecule has 0 radical (unpaired) electrons. The second-order valence-electron chi connectivity index (χ2n) is 7.36. The quantitative estimate of drug-likeness (QED) is 0.620. The number of hydrogen-bond acceptors (Lipinski definition) is 7. The van der Waals surface area contributed by atoms with Gasteiger partial charge in [-0.05, 0) is 35.9 Å². The zero-order chi connectivity index (χ0) is 20.5. The van der Waals surface area contributed by atoms with Crippen molar-refractivity contribution < 1.29 is 9.59 Å². The van der Waals surface area contributed by atoms with Crippen molar-refractivity contribution in [3.63, 3.8) is 0 Å². The van der Waals surface area contributed by atoms with Crippen molar-refractivity contribution in [2.45, 2.75) is 38.8 Å². The molecule has 0 aromatic carbocycles. The lowest BCUT2D eigenvalue weighted by molar-refractivity contribution is -0.134. The van der Waals surface area contributed by atoms with Gasteiger partial charge < -0.3 is 15.1 Å². The second-order valence-corrected chi connectivity index (χ2v) is 10.4. The van der Waals surface area contributed by atoms with Crippen molar-refractivity contribution >= 4 is 60.5 Å². The Hall–Kier alpha value is -1.97. The average Bonchev–Trinajstić information content (AvgIpc) is 3.40. The fourth-order valence-corrected chi connectivity index (χ4v) is 6.39. The molecular formula is C20H24N4O2S3. The normalized spacial score (nSPS) is 14.7. The smallest absolute Gasteiger partial charge is 0.262 e. The Bertz CT molecular complexity index is 1000. The van der Waals surface area contributed by atoms with Gasteiger partial charge in [-0.25, -0.2) is 4.98 Å². The Balaban J connectivity index is 1.46. The summed E-state index contributed by atoms with van der Waals surface area (Å²) in [6.45, 7) is 3.39. The first-order valence-electron chi connectivity index (χ1n) is 9.69. The molecule has 2 amide bonds. The van der Waals surface area contributed by atoms with Crippen molar-refractivity contribution in [1.82, 2.24) is 15.2 Å². The monoisotopic (exact) mass is 448 g/mol. The van der Waals surface area contributed by atoms with Gasteiger partial charge in [-0.15, -0.1) is 22.7 Å². The number of fused-ring (bicyclic) bond motifs is 2. The summed E-state index contributed by atoms with van der Waals surface area (Å²) in [5.41, 5.74) is 1.23. The molecule has 29 heavy (non-hydrogen) atoms. The van der Waals surface area contributed by atoms with Gasteiger partial charge in [0.05, 0.1) is 9.58 Å². The molecule has 1 aliphatic heterocycles. The number of anilines is 1. The Kier molecular flexibility index (Phi) is 5.89. The summed E-state index contributed by atoms with van der Waals surface area (Å²) in [6.07, 6.45) is 2.37. The lowest BCUT2D eigenvalue weighted by Gasteiger charge is -2.30. The van der Waals surface area contributed by atoms with Crippen LogP contribution in [-0.2, 0) is 17.8 Å². The summed E-state index contributed by atoms with van der Waals surface area (Å²) in [4.78, 5) is 37.2. The van der Waals surface area contributed by atoms with Crippen molar-refractivity contribution in [1.29, 1.82) is 0 Å². The van der Waals surface area contributed by atoms with Crippen molar-refractivity contribution in [2.24, 2.45) is 0 Å². The Labute approximate surface area is 182 Å². The third-order valence-corrected chi connectivity index (χ3v) is 8.33. The highest BCUT2D eigenvalue weighted by molar-refractivity contribution is 7.29. The molecule has 1 atom stereocenters. The Morgan fingerprint density at radius 3 is 2.90 bits per heavy atom. The van der Waals surface area contributed by atoms with Crippen LogP contribution < -0.4 is 10.2 Å². The van der Waals surface area contributed by atoms with Crippen LogP contribution in [0.25, 0.3) is 9.53 Å². The highest BCUT2D eigenvalue weighted by Gasteiger charge is 2.29. The maximum absolute atomic E-state index is 13.1. The van der Waals surface area contributed by atoms with E-state index in [9.17, 15) is 9.59 Å². The first-order valence-corrected chi connectivity index (χ1v) is 12.2. The number of aromatic nitrogens is 1. The first kappa shape index (κ1) is 20.3. The van der Waals surface area contributed by atoms with E-state index in [-0.39, 0.29) is 11.8 Å². The van der Waals surface area contributed by atoms with Crippen LogP contribution in [0.1, 0.15) is 39.9 Å². The molecule has 0 bridgehead atoms. The summed E-state index contributed by atoms with van der Waals surface area (Å²) in [6, 6.07) is 3.49. The van der Waals surface area contributed by atoms with Gasteiger partial charge in [-0.1, -0.05) is 24.7 Å². The van der Waals surface area contributed by atoms with Gasteiger partial charge in [0.2, 0.25) is 5.91 Å². The van der Waals surface area contributed by atoms with Crippen molar-refractivity contribution in [3.8, 4) is 0 Å². The minimum atomic E-state index is -0.488. The minimum absolute atomic E-state index is 0.0171. The molecule has 0 saturated heterocycles. The van der Waals surface area contributed by atoms with Crippen molar-refractivity contribution in [2.75, 3.05) is 25.5 Å². The predicted octanol–water partition coefficient (Wildman–Crippen LogP) is 3.97. The molecule has 0 spiro atoms. The Morgan fingerprint density at radius 1 is 1.34 bits per heavy atom. The van der Waals surface area contributed by atoms with Crippen LogP contribution in [0.15, 0.2) is 17.5 Å². The molecule has 9 heteroatoms.